The van der Waals surface area contributed by atoms with Gasteiger partial charge in [0.25, 0.3) is 5.91 Å². The standard InChI is InChI=1S/C41H44Cl2N6O6/c1-41(40(52)53)16-5-17-49(23-41)22-24-10-14-34(45-19-24)47-37(51)31-9-4-8-30(36(31)43)27-6-3-7-29-28(27)12-13-33(29)55-39-32(42)18-25(38(48-39)54-2)20-44-21-26-11-15-35(50)46-26/h3-4,6-10,14,18-19,26,33,44H,5,11-13,15-17,20-23H2,1-2H3,(H,46,50)(H,52,53)(H,45,47,51)/t26-,33-,41+/m0/s1. The lowest BCUT2D eigenvalue weighted by atomic mass is 9.82. The topological polar surface area (TPSA) is 155 Å². The lowest BCUT2D eigenvalue weighted by molar-refractivity contribution is -0.151. The molecule has 7 rings (SSSR count). The summed E-state index contributed by atoms with van der Waals surface area (Å²) >= 11 is 13.7. The SMILES string of the molecule is COc1nc(O[C@H]2CCc3c(-c4cccc(C(=O)Nc5ccc(CN6CCC[C@@](C)(C(=O)O)C6)cn5)c4Cl)cccc32)c(Cl)cc1CNC[C@@H]1CCC(=O)N1. The fraction of sp³-hybridized carbons (Fsp3) is 0.390. The molecule has 55 heavy (non-hydrogen) atoms. The maximum atomic E-state index is 13.5. The molecule has 288 valence electrons. The van der Waals surface area contributed by atoms with Crippen molar-refractivity contribution in [3.05, 3.63) is 98.7 Å². The van der Waals surface area contributed by atoms with Gasteiger partial charge in [-0.15, -0.1) is 0 Å². The zero-order valence-corrected chi connectivity index (χ0v) is 32.3. The zero-order chi connectivity index (χ0) is 38.7. The molecule has 2 amide bonds. The highest BCUT2D eigenvalue weighted by Gasteiger charge is 2.38. The Bertz CT molecular complexity index is 2100. The number of rotatable bonds is 13. The summed E-state index contributed by atoms with van der Waals surface area (Å²) in [6.07, 6.45) is 5.65. The van der Waals surface area contributed by atoms with Gasteiger partial charge < -0.3 is 30.5 Å². The van der Waals surface area contributed by atoms with Crippen molar-refractivity contribution in [1.29, 1.82) is 0 Å². The molecule has 2 aliphatic heterocycles. The van der Waals surface area contributed by atoms with Crippen molar-refractivity contribution in [2.24, 2.45) is 5.41 Å². The Morgan fingerprint density at radius 2 is 1.89 bits per heavy atom. The van der Waals surface area contributed by atoms with E-state index in [-0.39, 0.29) is 29.8 Å². The Balaban J connectivity index is 1.01. The monoisotopic (exact) mass is 786 g/mol. The second-order valence-electron chi connectivity index (χ2n) is 14.7. The molecule has 0 unspecified atom stereocenters. The molecule has 4 heterocycles. The number of fused-ring (bicyclic) bond motifs is 1. The minimum absolute atomic E-state index is 0.0756. The largest absolute Gasteiger partial charge is 0.481 e. The molecule has 2 aromatic carbocycles. The van der Waals surface area contributed by atoms with E-state index in [0.717, 1.165) is 59.2 Å². The molecule has 0 saturated carbocycles. The third kappa shape index (κ3) is 8.57. The number of benzene rings is 2. The van der Waals surface area contributed by atoms with Crippen LogP contribution >= 0.6 is 23.2 Å². The molecule has 2 saturated heterocycles. The molecular formula is C41H44Cl2N6O6. The number of anilines is 1. The summed E-state index contributed by atoms with van der Waals surface area (Å²) in [4.78, 5) is 48.0. The van der Waals surface area contributed by atoms with Gasteiger partial charge in [-0.2, -0.15) is 4.98 Å². The van der Waals surface area contributed by atoms with E-state index in [4.69, 9.17) is 32.7 Å². The first-order chi connectivity index (χ1) is 26.5. The van der Waals surface area contributed by atoms with Crippen molar-refractivity contribution in [3.8, 4) is 22.9 Å². The third-order valence-electron chi connectivity index (χ3n) is 10.7. The van der Waals surface area contributed by atoms with Crippen LogP contribution in [0.25, 0.3) is 11.1 Å². The minimum Gasteiger partial charge on any atom is -0.481 e. The van der Waals surface area contributed by atoms with Crippen LogP contribution in [0.3, 0.4) is 0 Å². The number of pyridine rings is 2. The number of aliphatic carboxylic acids is 1. The number of halogens is 2. The molecule has 3 atom stereocenters. The van der Waals surface area contributed by atoms with Crippen molar-refractivity contribution >= 4 is 46.8 Å². The number of carboxylic acids is 1. The van der Waals surface area contributed by atoms with Gasteiger partial charge in [-0.1, -0.05) is 59.6 Å². The number of methoxy groups -OCH3 is 1. The molecule has 0 bridgehead atoms. The summed E-state index contributed by atoms with van der Waals surface area (Å²) < 4.78 is 12.0. The van der Waals surface area contributed by atoms with E-state index in [2.05, 4.69) is 30.8 Å². The quantitative estimate of drug-likeness (QED) is 0.113. The molecule has 0 radical (unpaired) electrons. The van der Waals surface area contributed by atoms with Gasteiger partial charge in [0, 0.05) is 56.0 Å². The normalized spacial score (nSPS) is 20.8. The van der Waals surface area contributed by atoms with Crippen LogP contribution in [0.2, 0.25) is 10.0 Å². The Morgan fingerprint density at radius 3 is 2.64 bits per heavy atom. The highest BCUT2D eigenvalue weighted by molar-refractivity contribution is 6.37. The number of carbonyl (C=O) groups excluding carboxylic acids is 2. The van der Waals surface area contributed by atoms with Crippen LogP contribution in [0.5, 0.6) is 11.8 Å². The maximum absolute atomic E-state index is 13.5. The second kappa shape index (κ2) is 16.5. The average Bonchev–Trinajstić information content (AvgIpc) is 3.78. The van der Waals surface area contributed by atoms with Crippen LogP contribution in [0, 0.1) is 5.41 Å². The van der Waals surface area contributed by atoms with Gasteiger partial charge in [0.2, 0.25) is 17.7 Å². The number of nitrogens with zero attached hydrogens (tertiary/aromatic N) is 3. The molecular weight excluding hydrogens is 743 g/mol. The van der Waals surface area contributed by atoms with E-state index >= 15 is 0 Å². The molecule has 2 fully saturated rings. The summed E-state index contributed by atoms with van der Waals surface area (Å²) in [5.41, 5.74) is 4.99. The summed E-state index contributed by atoms with van der Waals surface area (Å²) in [6.45, 7) is 4.78. The van der Waals surface area contributed by atoms with Crippen molar-refractivity contribution in [2.75, 3.05) is 32.1 Å². The lowest BCUT2D eigenvalue weighted by Crippen LogP contribution is -2.45. The molecule has 0 spiro atoms. The fourth-order valence-electron chi connectivity index (χ4n) is 7.82. The molecule has 4 aromatic rings. The van der Waals surface area contributed by atoms with Crippen LogP contribution in [0.1, 0.15) is 77.7 Å². The second-order valence-corrected chi connectivity index (χ2v) is 15.5. The summed E-state index contributed by atoms with van der Waals surface area (Å²) in [6, 6.07) is 16.9. The number of piperidine rings is 1. The molecule has 14 heteroatoms. The van der Waals surface area contributed by atoms with Crippen molar-refractivity contribution < 1.29 is 29.0 Å². The van der Waals surface area contributed by atoms with Crippen molar-refractivity contribution in [1.82, 2.24) is 25.5 Å². The van der Waals surface area contributed by atoms with Gasteiger partial charge >= 0.3 is 5.97 Å². The zero-order valence-electron chi connectivity index (χ0n) is 30.8. The van der Waals surface area contributed by atoms with Gasteiger partial charge in [0.15, 0.2) is 0 Å². The number of hydrogen-bond donors (Lipinski definition) is 4. The van der Waals surface area contributed by atoms with Crippen LogP contribution in [-0.2, 0) is 29.1 Å². The lowest BCUT2D eigenvalue weighted by Gasteiger charge is -2.37. The number of carboxylic acid groups (broad SMARTS) is 1. The first-order valence-corrected chi connectivity index (χ1v) is 19.3. The Kier molecular flexibility index (Phi) is 11.6. The predicted octanol–water partition coefficient (Wildman–Crippen LogP) is 6.83. The van der Waals surface area contributed by atoms with Gasteiger partial charge in [0.05, 0.1) is 23.1 Å². The highest BCUT2D eigenvalue weighted by Crippen LogP contribution is 2.43. The smallest absolute Gasteiger partial charge is 0.310 e. The van der Waals surface area contributed by atoms with Crippen LogP contribution in [0.15, 0.2) is 60.8 Å². The third-order valence-corrected chi connectivity index (χ3v) is 11.4. The highest BCUT2D eigenvalue weighted by atomic mass is 35.5. The molecule has 4 N–H and O–H groups in total. The van der Waals surface area contributed by atoms with Gasteiger partial charge in [-0.25, -0.2) is 4.98 Å². The van der Waals surface area contributed by atoms with Gasteiger partial charge in [-0.05, 0) is 86.0 Å². The number of carbonyl (C=O) groups is 3. The Morgan fingerprint density at radius 1 is 1.07 bits per heavy atom. The number of ether oxygens (including phenoxy) is 2. The number of likely N-dealkylation sites (tertiary alicyclic amines) is 1. The van der Waals surface area contributed by atoms with Crippen LogP contribution in [0.4, 0.5) is 5.82 Å². The van der Waals surface area contributed by atoms with E-state index in [1.165, 1.54) is 0 Å². The first kappa shape index (κ1) is 38.5. The molecule has 12 nitrogen and oxygen atoms in total. The number of aromatic nitrogens is 2. The van der Waals surface area contributed by atoms with E-state index in [1.54, 1.807) is 38.4 Å². The van der Waals surface area contributed by atoms with Crippen LogP contribution in [-0.4, -0.2) is 70.5 Å². The number of nitrogens with one attached hydrogen (secondary N) is 3. The van der Waals surface area contributed by atoms with E-state index < -0.39 is 11.4 Å². The molecule has 3 aliphatic rings. The van der Waals surface area contributed by atoms with Gasteiger partial charge in [-0.3, -0.25) is 19.3 Å². The van der Waals surface area contributed by atoms with Gasteiger partial charge in [0.1, 0.15) is 16.9 Å². The Labute approximate surface area is 329 Å². The van der Waals surface area contributed by atoms with E-state index in [1.807, 2.05) is 36.4 Å². The van der Waals surface area contributed by atoms with Crippen molar-refractivity contribution in [2.45, 2.75) is 70.7 Å². The number of amides is 2. The summed E-state index contributed by atoms with van der Waals surface area (Å²) in [5.74, 6) is -0.00686. The fourth-order valence-corrected chi connectivity index (χ4v) is 8.35. The van der Waals surface area contributed by atoms with Crippen LogP contribution < -0.4 is 25.4 Å². The minimum atomic E-state index is -0.772. The predicted molar refractivity (Wildman–Crippen MR) is 210 cm³/mol. The van der Waals surface area contributed by atoms with Crippen molar-refractivity contribution in [3.63, 3.8) is 0 Å². The first-order valence-electron chi connectivity index (χ1n) is 18.5. The average molecular weight is 788 g/mol. The van der Waals surface area contributed by atoms with E-state index in [9.17, 15) is 19.5 Å². The summed E-state index contributed by atoms with van der Waals surface area (Å²) in [7, 11) is 1.56. The maximum Gasteiger partial charge on any atom is 0.310 e. The molecule has 1 aliphatic carbocycles. The Hall–Kier alpha value is -4.75. The number of hydrogen-bond acceptors (Lipinski definition) is 9. The van der Waals surface area contributed by atoms with E-state index in [0.29, 0.717) is 72.7 Å². The molecule has 2 aromatic heterocycles. The summed E-state index contributed by atoms with van der Waals surface area (Å²) in [5, 5.41) is 19.5.